The molecule has 3 aliphatic rings. The number of fused-ring (bicyclic) bond motifs is 1. The maximum atomic E-state index is 6.09. The Hall–Kier alpha value is -0.315. The van der Waals surface area contributed by atoms with Crippen molar-refractivity contribution < 1.29 is 9.31 Å². The number of hydrogen-bond acceptors (Lipinski definition) is 3. The zero-order chi connectivity index (χ0) is 13.7. The maximum Gasteiger partial charge on any atom is 0.487 e. The van der Waals surface area contributed by atoms with Crippen LogP contribution in [0.3, 0.4) is 0 Å². The molecule has 0 aromatic rings. The van der Waals surface area contributed by atoms with Gasteiger partial charge in [-0.1, -0.05) is 18.0 Å². The van der Waals surface area contributed by atoms with Crippen molar-refractivity contribution in [3.63, 3.8) is 0 Å². The van der Waals surface area contributed by atoms with E-state index in [2.05, 4.69) is 38.6 Å². The second-order valence-corrected chi connectivity index (χ2v) is 7.16. The molecule has 1 unspecified atom stereocenters. The van der Waals surface area contributed by atoms with Gasteiger partial charge in [-0.25, -0.2) is 0 Å². The van der Waals surface area contributed by atoms with Gasteiger partial charge in [-0.15, -0.1) is 0 Å². The molecule has 3 heterocycles. The first-order valence-electron chi connectivity index (χ1n) is 7.69. The van der Waals surface area contributed by atoms with Gasteiger partial charge in [-0.3, -0.25) is 4.90 Å². The minimum atomic E-state index is -0.223. The van der Waals surface area contributed by atoms with Crippen LogP contribution in [0.25, 0.3) is 0 Å². The molecule has 3 nitrogen and oxygen atoms in total. The maximum absolute atomic E-state index is 6.09. The first-order chi connectivity index (χ1) is 8.89. The zero-order valence-electron chi connectivity index (χ0n) is 12.7. The highest BCUT2D eigenvalue weighted by molar-refractivity contribution is 6.51. The van der Waals surface area contributed by atoms with E-state index in [-0.39, 0.29) is 18.3 Å². The third-order valence-corrected chi connectivity index (χ3v) is 5.35. The summed E-state index contributed by atoms with van der Waals surface area (Å²) < 4.78 is 12.2. The van der Waals surface area contributed by atoms with E-state index in [1.165, 1.54) is 38.8 Å². The van der Waals surface area contributed by atoms with Gasteiger partial charge in [0.2, 0.25) is 0 Å². The van der Waals surface area contributed by atoms with Crippen LogP contribution in [0, 0.1) is 0 Å². The molecule has 0 bridgehead atoms. The Morgan fingerprint density at radius 3 is 2.47 bits per heavy atom. The first-order valence-corrected chi connectivity index (χ1v) is 7.69. The first kappa shape index (κ1) is 13.7. The molecule has 0 aromatic heterocycles. The van der Waals surface area contributed by atoms with Crippen LogP contribution in [0.4, 0.5) is 0 Å². The van der Waals surface area contributed by atoms with Crippen molar-refractivity contribution in [2.75, 3.05) is 13.1 Å². The van der Waals surface area contributed by atoms with Crippen molar-refractivity contribution in [3.8, 4) is 0 Å². The van der Waals surface area contributed by atoms with Crippen LogP contribution in [0.2, 0.25) is 0 Å². The molecule has 0 N–H and O–H groups in total. The highest BCUT2D eigenvalue weighted by Gasteiger charge is 2.50. The topological polar surface area (TPSA) is 21.7 Å². The van der Waals surface area contributed by atoms with E-state index in [0.717, 1.165) is 0 Å². The molecule has 1 atom stereocenters. The van der Waals surface area contributed by atoms with Gasteiger partial charge in [0.25, 0.3) is 0 Å². The molecule has 3 fully saturated rings. The van der Waals surface area contributed by atoms with Crippen molar-refractivity contribution >= 4 is 7.12 Å². The lowest BCUT2D eigenvalue weighted by atomic mass is 9.83. The monoisotopic (exact) mass is 263 g/mol. The minimum Gasteiger partial charge on any atom is -0.400 e. The van der Waals surface area contributed by atoms with E-state index in [9.17, 15) is 0 Å². The van der Waals surface area contributed by atoms with E-state index < -0.39 is 0 Å². The van der Waals surface area contributed by atoms with Crippen molar-refractivity contribution in [2.24, 2.45) is 0 Å². The standard InChI is InChI=1S/C15H26BNO2/c1-14(2)15(3,4)19-16(18-14)11-12-8-10-17-9-6-5-7-13(12)17/h11,13H,5-10H2,1-4H3/b12-11-. The lowest BCUT2D eigenvalue weighted by molar-refractivity contribution is 0.00578. The summed E-state index contributed by atoms with van der Waals surface area (Å²) in [5.74, 6) is 2.26. The summed E-state index contributed by atoms with van der Waals surface area (Å²) in [6, 6.07) is 0.660. The summed E-state index contributed by atoms with van der Waals surface area (Å²) in [6.45, 7) is 11.0. The third kappa shape index (κ3) is 2.39. The van der Waals surface area contributed by atoms with Gasteiger partial charge >= 0.3 is 7.12 Å². The lowest BCUT2D eigenvalue weighted by Gasteiger charge is -2.32. The molecule has 4 heteroatoms. The molecule has 19 heavy (non-hydrogen) atoms. The molecule has 3 aliphatic heterocycles. The Morgan fingerprint density at radius 1 is 1.11 bits per heavy atom. The fraction of sp³-hybridized carbons (Fsp3) is 0.867. The SMILES string of the molecule is CC1(C)OB(/C=C2/CCN3CCCCC23)OC1(C)C. The Bertz CT molecular complexity index is 376. The second kappa shape index (κ2) is 4.61. The molecular weight excluding hydrogens is 237 g/mol. The number of hydrogen-bond donors (Lipinski definition) is 0. The fourth-order valence-corrected chi connectivity index (χ4v) is 3.44. The zero-order valence-corrected chi connectivity index (χ0v) is 12.7. The molecule has 0 radical (unpaired) electrons. The Balaban J connectivity index is 1.73. The summed E-state index contributed by atoms with van der Waals surface area (Å²) in [5, 5.41) is 0. The summed E-state index contributed by atoms with van der Waals surface area (Å²) in [7, 11) is -0.165. The Morgan fingerprint density at radius 2 is 1.79 bits per heavy atom. The van der Waals surface area contributed by atoms with E-state index >= 15 is 0 Å². The van der Waals surface area contributed by atoms with E-state index in [1.54, 1.807) is 5.57 Å². The Kier molecular flexibility index (Phi) is 3.31. The van der Waals surface area contributed by atoms with Crippen LogP contribution in [0.1, 0.15) is 53.4 Å². The number of rotatable bonds is 1. The number of piperidine rings is 1. The molecular formula is C15H26BNO2. The molecule has 0 spiro atoms. The lowest BCUT2D eigenvalue weighted by Crippen LogP contribution is -2.41. The highest BCUT2D eigenvalue weighted by atomic mass is 16.7. The van der Waals surface area contributed by atoms with Crippen molar-refractivity contribution in [2.45, 2.75) is 70.6 Å². The van der Waals surface area contributed by atoms with Gasteiger partial charge < -0.3 is 9.31 Å². The van der Waals surface area contributed by atoms with Crippen LogP contribution in [-0.4, -0.2) is 42.4 Å². The smallest absolute Gasteiger partial charge is 0.400 e. The quantitative estimate of drug-likeness (QED) is 0.679. The van der Waals surface area contributed by atoms with Gasteiger partial charge in [0.05, 0.1) is 11.2 Å². The van der Waals surface area contributed by atoms with Crippen LogP contribution >= 0.6 is 0 Å². The predicted molar refractivity (Wildman–Crippen MR) is 78.0 cm³/mol. The van der Waals surface area contributed by atoms with E-state index in [1.807, 2.05) is 0 Å². The van der Waals surface area contributed by atoms with Crippen LogP contribution in [0.15, 0.2) is 11.5 Å². The van der Waals surface area contributed by atoms with Crippen molar-refractivity contribution in [1.29, 1.82) is 0 Å². The van der Waals surface area contributed by atoms with E-state index in [4.69, 9.17) is 9.31 Å². The van der Waals surface area contributed by atoms with Gasteiger partial charge in [0.1, 0.15) is 0 Å². The normalized spacial score (nSPS) is 35.9. The van der Waals surface area contributed by atoms with Gasteiger partial charge in [0.15, 0.2) is 0 Å². The summed E-state index contributed by atoms with van der Waals surface area (Å²) in [5.41, 5.74) is 1.09. The van der Waals surface area contributed by atoms with Gasteiger partial charge in [-0.05, 0) is 53.5 Å². The van der Waals surface area contributed by atoms with Crippen LogP contribution in [-0.2, 0) is 9.31 Å². The van der Waals surface area contributed by atoms with E-state index in [0.29, 0.717) is 6.04 Å². The highest BCUT2D eigenvalue weighted by Crippen LogP contribution is 2.38. The number of nitrogens with zero attached hydrogens (tertiary/aromatic N) is 1. The largest absolute Gasteiger partial charge is 0.487 e. The van der Waals surface area contributed by atoms with Crippen LogP contribution < -0.4 is 0 Å². The predicted octanol–water partition coefficient (Wildman–Crippen LogP) is 2.80. The molecule has 0 aliphatic carbocycles. The molecule has 106 valence electrons. The van der Waals surface area contributed by atoms with Gasteiger partial charge in [-0.2, -0.15) is 0 Å². The second-order valence-electron chi connectivity index (χ2n) is 7.16. The summed E-state index contributed by atoms with van der Waals surface area (Å²) in [4.78, 5) is 2.63. The van der Waals surface area contributed by atoms with Crippen molar-refractivity contribution in [1.82, 2.24) is 4.90 Å². The molecule has 3 saturated heterocycles. The molecule has 0 saturated carbocycles. The van der Waals surface area contributed by atoms with Gasteiger partial charge in [0, 0.05) is 12.6 Å². The average Bonchev–Trinajstić information content (AvgIpc) is 2.79. The average molecular weight is 263 g/mol. The Labute approximate surface area is 117 Å². The third-order valence-electron chi connectivity index (χ3n) is 5.35. The van der Waals surface area contributed by atoms with Crippen molar-refractivity contribution in [3.05, 3.63) is 11.5 Å². The summed E-state index contributed by atoms with van der Waals surface area (Å²) in [6.07, 6.45) is 5.22. The molecule has 0 amide bonds. The van der Waals surface area contributed by atoms with Crippen LogP contribution in [0.5, 0.6) is 0 Å². The minimum absolute atomic E-state index is 0.165. The molecule has 0 aromatic carbocycles. The molecule has 3 rings (SSSR count). The summed E-state index contributed by atoms with van der Waals surface area (Å²) >= 11 is 0. The fourth-order valence-electron chi connectivity index (χ4n) is 3.44.